The van der Waals surface area contributed by atoms with E-state index in [0.717, 1.165) is 50.1 Å². The summed E-state index contributed by atoms with van der Waals surface area (Å²) in [5, 5.41) is 0.693. The number of urea groups is 1. The van der Waals surface area contributed by atoms with Crippen LogP contribution in [-0.4, -0.2) is 47.9 Å². The van der Waals surface area contributed by atoms with Gasteiger partial charge in [0.25, 0.3) is 5.91 Å². The van der Waals surface area contributed by atoms with Crippen molar-refractivity contribution in [1.82, 2.24) is 9.80 Å². The van der Waals surface area contributed by atoms with Crippen LogP contribution in [0.4, 0.5) is 10.5 Å². The number of carbonyl (C=O) groups excluding carboxylic acids is 2. The minimum absolute atomic E-state index is 0.000167. The van der Waals surface area contributed by atoms with Gasteiger partial charge in [0.15, 0.2) is 0 Å². The highest BCUT2D eigenvalue weighted by molar-refractivity contribution is 6.30. The highest BCUT2D eigenvalue weighted by Gasteiger charge is 2.27. The molecule has 28 heavy (non-hydrogen) atoms. The first-order valence-electron chi connectivity index (χ1n) is 9.82. The van der Waals surface area contributed by atoms with Crippen molar-refractivity contribution in [2.75, 3.05) is 31.1 Å². The molecule has 0 saturated carbocycles. The molecule has 0 spiro atoms. The highest BCUT2D eigenvalue weighted by atomic mass is 35.5. The van der Waals surface area contributed by atoms with Gasteiger partial charge >= 0.3 is 6.03 Å². The molecule has 2 aromatic carbocycles. The minimum atomic E-state index is -0.000167. The monoisotopic (exact) mass is 397 g/mol. The highest BCUT2D eigenvalue weighted by Crippen LogP contribution is 2.23. The number of anilines is 1. The summed E-state index contributed by atoms with van der Waals surface area (Å²) >= 11 is 5.95. The number of hydrogen-bond donors (Lipinski definition) is 0. The molecule has 2 aromatic rings. The molecule has 0 radical (unpaired) electrons. The largest absolute Gasteiger partial charge is 0.339 e. The fourth-order valence-corrected chi connectivity index (χ4v) is 3.99. The van der Waals surface area contributed by atoms with Crippen molar-refractivity contribution < 1.29 is 9.59 Å². The third-order valence-corrected chi connectivity index (χ3v) is 5.67. The lowest BCUT2D eigenvalue weighted by Crippen LogP contribution is -2.49. The molecule has 2 fully saturated rings. The molecule has 5 nitrogen and oxygen atoms in total. The molecule has 4 rings (SSSR count). The van der Waals surface area contributed by atoms with Gasteiger partial charge in [0.2, 0.25) is 0 Å². The van der Waals surface area contributed by atoms with Crippen molar-refractivity contribution in [3.8, 4) is 0 Å². The molecule has 0 aliphatic carbocycles. The first-order valence-corrected chi connectivity index (χ1v) is 10.2. The second kappa shape index (κ2) is 8.23. The number of amides is 3. The van der Waals surface area contributed by atoms with Crippen molar-refractivity contribution in [3.63, 3.8) is 0 Å². The lowest BCUT2D eigenvalue weighted by molar-refractivity contribution is 0.0793. The van der Waals surface area contributed by atoms with E-state index in [1.807, 2.05) is 58.3 Å². The molecule has 146 valence electrons. The summed E-state index contributed by atoms with van der Waals surface area (Å²) in [7, 11) is 0. The van der Waals surface area contributed by atoms with Gasteiger partial charge in [0.05, 0.1) is 0 Å². The Hall–Kier alpha value is -2.53. The van der Waals surface area contributed by atoms with Gasteiger partial charge in [-0.15, -0.1) is 0 Å². The quantitative estimate of drug-likeness (QED) is 0.767. The molecule has 2 heterocycles. The predicted octanol–water partition coefficient (Wildman–Crippen LogP) is 4.41. The second-order valence-corrected chi connectivity index (χ2v) is 7.82. The molecule has 0 unspecified atom stereocenters. The average molecular weight is 398 g/mol. The van der Waals surface area contributed by atoms with Crippen LogP contribution in [0.2, 0.25) is 5.02 Å². The summed E-state index contributed by atoms with van der Waals surface area (Å²) < 4.78 is 0. The van der Waals surface area contributed by atoms with E-state index in [1.54, 1.807) is 4.90 Å². The first-order chi connectivity index (χ1) is 13.6. The Bertz CT molecular complexity index is 845. The molecule has 2 aliphatic heterocycles. The number of halogens is 1. The maximum Gasteiger partial charge on any atom is 0.324 e. The van der Waals surface area contributed by atoms with Crippen LogP contribution in [0, 0.1) is 0 Å². The summed E-state index contributed by atoms with van der Waals surface area (Å²) in [4.78, 5) is 31.0. The van der Waals surface area contributed by atoms with Crippen molar-refractivity contribution in [2.45, 2.75) is 25.8 Å². The number of likely N-dealkylation sites (tertiary alicyclic amines) is 1. The van der Waals surface area contributed by atoms with Crippen LogP contribution in [0.25, 0.3) is 0 Å². The Morgan fingerprint density at radius 1 is 0.857 bits per heavy atom. The summed E-state index contributed by atoms with van der Waals surface area (Å²) in [6.45, 7) is 3.67. The third-order valence-electron chi connectivity index (χ3n) is 5.42. The normalized spacial score (nSPS) is 17.3. The number of carbonyl (C=O) groups is 2. The summed E-state index contributed by atoms with van der Waals surface area (Å²) in [5.74, 6) is 0.0818. The lowest BCUT2D eigenvalue weighted by Gasteiger charge is -2.35. The number of hydrogen-bond acceptors (Lipinski definition) is 2. The van der Waals surface area contributed by atoms with E-state index in [4.69, 9.17) is 11.6 Å². The molecule has 0 N–H and O–H groups in total. The van der Waals surface area contributed by atoms with Crippen molar-refractivity contribution in [1.29, 1.82) is 0 Å². The Morgan fingerprint density at radius 3 is 2.21 bits per heavy atom. The van der Waals surface area contributed by atoms with E-state index >= 15 is 0 Å². The van der Waals surface area contributed by atoms with Gasteiger partial charge in [-0.25, -0.2) is 4.79 Å². The van der Waals surface area contributed by atoms with Crippen molar-refractivity contribution in [2.24, 2.45) is 0 Å². The van der Waals surface area contributed by atoms with Crippen LogP contribution in [0.3, 0.4) is 0 Å². The van der Waals surface area contributed by atoms with Gasteiger partial charge in [-0.05, 0) is 61.2 Å². The van der Waals surface area contributed by atoms with Crippen LogP contribution in [0.15, 0.2) is 48.5 Å². The molecule has 0 atom stereocenters. The third kappa shape index (κ3) is 3.99. The Balaban J connectivity index is 1.45. The van der Waals surface area contributed by atoms with E-state index in [2.05, 4.69) is 0 Å². The number of nitrogens with zero attached hydrogens (tertiary/aromatic N) is 3. The fourth-order valence-electron chi connectivity index (χ4n) is 3.86. The second-order valence-electron chi connectivity index (χ2n) is 7.38. The molecular formula is C22H24ClN3O2. The summed E-state index contributed by atoms with van der Waals surface area (Å²) in [6, 6.07) is 15.0. The van der Waals surface area contributed by atoms with Crippen molar-refractivity contribution in [3.05, 3.63) is 64.7 Å². The zero-order valence-corrected chi connectivity index (χ0v) is 16.6. The number of rotatable bonds is 4. The molecular weight excluding hydrogens is 374 g/mol. The molecule has 2 saturated heterocycles. The van der Waals surface area contributed by atoms with Crippen LogP contribution in [-0.2, 0) is 6.54 Å². The fraction of sp³-hybridized carbons (Fsp3) is 0.364. The average Bonchev–Trinajstić information content (AvgIpc) is 3.26. The van der Waals surface area contributed by atoms with Crippen LogP contribution < -0.4 is 4.90 Å². The van der Waals surface area contributed by atoms with E-state index in [9.17, 15) is 9.59 Å². The van der Waals surface area contributed by atoms with Gasteiger partial charge in [-0.2, -0.15) is 0 Å². The maximum atomic E-state index is 13.0. The standard InChI is InChI=1S/C22H24ClN3O2/c23-19-8-4-17(5-9-19)16-25-14-3-15-26(22(25)28)20-10-6-18(7-11-20)21(27)24-12-1-2-13-24/h4-11H,1-3,12-16H2. The Morgan fingerprint density at radius 2 is 1.54 bits per heavy atom. The lowest BCUT2D eigenvalue weighted by atomic mass is 10.1. The topological polar surface area (TPSA) is 43.9 Å². The van der Waals surface area contributed by atoms with Crippen LogP contribution >= 0.6 is 11.6 Å². The zero-order valence-electron chi connectivity index (χ0n) is 15.8. The van der Waals surface area contributed by atoms with E-state index in [0.29, 0.717) is 23.7 Å². The first kappa shape index (κ1) is 18.8. The van der Waals surface area contributed by atoms with Gasteiger partial charge in [0.1, 0.15) is 0 Å². The predicted molar refractivity (Wildman–Crippen MR) is 111 cm³/mol. The molecule has 0 aromatic heterocycles. The van der Waals surface area contributed by atoms with Gasteiger partial charge in [-0.1, -0.05) is 23.7 Å². The van der Waals surface area contributed by atoms with E-state index in [1.165, 1.54) is 0 Å². The molecule has 0 bridgehead atoms. The number of benzene rings is 2. The van der Waals surface area contributed by atoms with E-state index < -0.39 is 0 Å². The summed E-state index contributed by atoms with van der Waals surface area (Å²) in [5.41, 5.74) is 2.59. The molecule has 2 aliphatic rings. The zero-order chi connectivity index (χ0) is 19.5. The maximum absolute atomic E-state index is 13.0. The van der Waals surface area contributed by atoms with Crippen LogP contribution in [0.5, 0.6) is 0 Å². The molecule has 3 amide bonds. The molecule has 6 heteroatoms. The van der Waals surface area contributed by atoms with Gasteiger partial charge < -0.3 is 9.80 Å². The van der Waals surface area contributed by atoms with Gasteiger partial charge in [0, 0.05) is 49.0 Å². The van der Waals surface area contributed by atoms with Crippen LogP contribution in [0.1, 0.15) is 35.2 Å². The smallest absolute Gasteiger partial charge is 0.324 e. The van der Waals surface area contributed by atoms with Crippen molar-refractivity contribution >= 4 is 29.2 Å². The summed E-state index contributed by atoms with van der Waals surface area (Å²) in [6.07, 6.45) is 3.07. The van der Waals surface area contributed by atoms with Gasteiger partial charge in [-0.3, -0.25) is 9.69 Å². The Labute approximate surface area is 170 Å². The minimum Gasteiger partial charge on any atom is -0.339 e. The SMILES string of the molecule is O=C(c1ccc(N2CCCN(Cc3ccc(Cl)cc3)C2=O)cc1)N1CCCC1. The Kier molecular flexibility index (Phi) is 5.53. The van der Waals surface area contributed by atoms with E-state index in [-0.39, 0.29) is 11.9 Å².